The first kappa shape index (κ1) is 15.5. The molecule has 3 heterocycles. The van der Waals surface area contributed by atoms with Gasteiger partial charge in [-0.25, -0.2) is 14.8 Å². The van der Waals surface area contributed by atoms with Crippen LogP contribution >= 0.6 is 11.6 Å². The summed E-state index contributed by atoms with van der Waals surface area (Å²) in [5, 5.41) is 6.54. The molecule has 2 aliphatic heterocycles. The van der Waals surface area contributed by atoms with Crippen molar-refractivity contribution >= 4 is 23.4 Å². The number of carbonyl (C=O) groups excluding carboxylic acids is 1. The number of halogens is 1. The Morgan fingerprint density at radius 1 is 1.55 bits per heavy atom. The molecular weight excluding hydrogens is 306 g/mol. The molecule has 3 rings (SSSR count). The van der Waals surface area contributed by atoms with Crippen molar-refractivity contribution in [2.45, 2.75) is 32.4 Å². The van der Waals surface area contributed by atoms with Gasteiger partial charge in [0, 0.05) is 31.2 Å². The summed E-state index contributed by atoms with van der Waals surface area (Å²) in [7, 11) is 0. The second-order valence-electron chi connectivity index (χ2n) is 5.45. The summed E-state index contributed by atoms with van der Waals surface area (Å²) in [6.45, 7) is 6.46. The molecular formula is C14H20ClN5O2. The molecule has 120 valence electrons. The molecule has 1 fully saturated rings. The van der Waals surface area contributed by atoms with Crippen LogP contribution < -0.4 is 15.5 Å². The first-order valence-electron chi connectivity index (χ1n) is 7.58. The van der Waals surface area contributed by atoms with Gasteiger partial charge in [0.2, 0.25) is 0 Å². The molecule has 0 aromatic carbocycles. The molecule has 2 aliphatic rings. The highest BCUT2D eigenvalue weighted by atomic mass is 35.5. The number of carbonyl (C=O) groups is 1. The van der Waals surface area contributed by atoms with Gasteiger partial charge in [0.25, 0.3) is 0 Å². The number of urea groups is 1. The van der Waals surface area contributed by atoms with Crippen LogP contribution in [0.25, 0.3) is 0 Å². The lowest BCUT2D eigenvalue weighted by Gasteiger charge is -2.29. The molecule has 1 saturated heterocycles. The van der Waals surface area contributed by atoms with E-state index in [4.69, 9.17) is 16.3 Å². The second kappa shape index (κ2) is 6.36. The van der Waals surface area contributed by atoms with E-state index in [0.717, 1.165) is 12.1 Å². The molecule has 0 spiro atoms. The van der Waals surface area contributed by atoms with Gasteiger partial charge < -0.3 is 15.4 Å². The molecule has 0 bridgehead atoms. The molecule has 22 heavy (non-hydrogen) atoms. The molecule has 1 aromatic heterocycles. The first-order chi connectivity index (χ1) is 10.6. The van der Waals surface area contributed by atoms with E-state index in [1.54, 1.807) is 4.90 Å². The highest BCUT2D eigenvalue weighted by molar-refractivity contribution is 6.30. The number of morpholine rings is 1. The molecule has 0 saturated carbocycles. The Hall–Kier alpha value is -1.44. The summed E-state index contributed by atoms with van der Waals surface area (Å²) >= 11 is 6.30. The number of rotatable bonds is 2. The zero-order valence-electron chi connectivity index (χ0n) is 12.7. The predicted octanol–water partition coefficient (Wildman–Crippen LogP) is 1.27. The Kier molecular flexibility index (Phi) is 4.46. The van der Waals surface area contributed by atoms with Crippen LogP contribution in [0.3, 0.4) is 0 Å². The van der Waals surface area contributed by atoms with Gasteiger partial charge in [0.05, 0.1) is 6.61 Å². The van der Waals surface area contributed by atoms with Gasteiger partial charge in [-0.1, -0.05) is 11.6 Å². The standard InChI is InChI=1S/C14H20ClN5O2/c1-3-16-14(21)20-6-4-9-11(15)18-12(19-13(9)20)10-8(2)17-5-7-22-10/h8,10,17H,3-7H2,1-2H3,(H,16,21). The molecule has 2 amide bonds. The zero-order valence-corrected chi connectivity index (χ0v) is 13.5. The Balaban J connectivity index is 1.93. The fourth-order valence-electron chi connectivity index (χ4n) is 2.82. The van der Waals surface area contributed by atoms with E-state index >= 15 is 0 Å². The maximum Gasteiger partial charge on any atom is 0.323 e. The molecule has 0 aliphatic carbocycles. The third kappa shape index (κ3) is 2.76. The molecule has 7 nitrogen and oxygen atoms in total. The van der Waals surface area contributed by atoms with Crippen molar-refractivity contribution < 1.29 is 9.53 Å². The minimum absolute atomic E-state index is 0.0992. The Bertz CT molecular complexity index is 583. The third-order valence-corrected chi connectivity index (χ3v) is 4.25. The summed E-state index contributed by atoms with van der Waals surface area (Å²) in [4.78, 5) is 22.7. The van der Waals surface area contributed by atoms with Crippen LogP contribution in [-0.2, 0) is 11.2 Å². The first-order valence-corrected chi connectivity index (χ1v) is 7.96. The Morgan fingerprint density at radius 2 is 2.36 bits per heavy atom. The van der Waals surface area contributed by atoms with Gasteiger partial charge in [-0.2, -0.15) is 0 Å². The molecule has 2 unspecified atom stereocenters. The minimum atomic E-state index is -0.256. The van der Waals surface area contributed by atoms with Crippen LogP contribution in [0.5, 0.6) is 0 Å². The Labute approximate surface area is 134 Å². The maximum atomic E-state index is 12.1. The maximum absolute atomic E-state index is 12.1. The predicted molar refractivity (Wildman–Crippen MR) is 83.3 cm³/mol. The van der Waals surface area contributed by atoms with Gasteiger partial charge in [0.15, 0.2) is 5.82 Å². The van der Waals surface area contributed by atoms with E-state index in [2.05, 4.69) is 20.6 Å². The van der Waals surface area contributed by atoms with Crippen molar-refractivity contribution in [3.63, 3.8) is 0 Å². The second-order valence-corrected chi connectivity index (χ2v) is 5.80. The fourth-order valence-corrected chi connectivity index (χ4v) is 3.09. The number of aromatic nitrogens is 2. The van der Waals surface area contributed by atoms with Gasteiger partial charge >= 0.3 is 6.03 Å². The molecule has 2 N–H and O–H groups in total. The lowest BCUT2D eigenvalue weighted by Crippen LogP contribution is -2.42. The number of ether oxygens (including phenoxy) is 1. The number of nitrogens with zero attached hydrogens (tertiary/aromatic N) is 3. The van der Waals surface area contributed by atoms with E-state index in [0.29, 0.717) is 42.9 Å². The zero-order chi connectivity index (χ0) is 15.7. The highest BCUT2D eigenvalue weighted by Gasteiger charge is 2.33. The molecule has 2 atom stereocenters. The summed E-state index contributed by atoms with van der Waals surface area (Å²) in [6.07, 6.45) is 0.415. The average molecular weight is 326 g/mol. The van der Waals surface area contributed by atoms with Crippen molar-refractivity contribution in [3.05, 3.63) is 16.5 Å². The molecule has 8 heteroatoms. The van der Waals surface area contributed by atoms with Gasteiger partial charge in [-0.05, 0) is 20.3 Å². The quantitative estimate of drug-likeness (QED) is 0.801. The third-order valence-electron chi connectivity index (χ3n) is 3.94. The Morgan fingerprint density at radius 3 is 3.09 bits per heavy atom. The number of nitrogens with one attached hydrogen (secondary N) is 2. The van der Waals surface area contributed by atoms with Crippen molar-refractivity contribution in [2.75, 3.05) is 31.1 Å². The lowest BCUT2D eigenvalue weighted by atomic mass is 10.1. The summed E-state index contributed by atoms with van der Waals surface area (Å²) in [5.74, 6) is 1.13. The number of amides is 2. The monoisotopic (exact) mass is 325 g/mol. The highest BCUT2D eigenvalue weighted by Crippen LogP contribution is 2.33. The van der Waals surface area contributed by atoms with E-state index in [1.165, 1.54) is 0 Å². The van der Waals surface area contributed by atoms with Crippen LogP contribution in [0.1, 0.15) is 31.3 Å². The molecule has 1 aromatic rings. The number of hydrogen-bond donors (Lipinski definition) is 2. The van der Waals surface area contributed by atoms with Crippen LogP contribution in [0.15, 0.2) is 0 Å². The largest absolute Gasteiger partial charge is 0.367 e. The SMILES string of the molecule is CCNC(=O)N1CCc2c(Cl)nc(C3OCCNC3C)nc21. The van der Waals surface area contributed by atoms with Crippen LogP contribution in [0.2, 0.25) is 5.15 Å². The number of hydrogen-bond acceptors (Lipinski definition) is 5. The molecule has 0 radical (unpaired) electrons. The minimum Gasteiger partial charge on any atom is -0.367 e. The average Bonchev–Trinajstić information content (AvgIpc) is 2.92. The van der Waals surface area contributed by atoms with Crippen molar-refractivity contribution in [1.29, 1.82) is 0 Å². The lowest BCUT2D eigenvalue weighted by molar-refractivity contribution is -0.00554. The van der Waals surface area contributed by atoms with E-state index < -0.39 is 0 Å². The van der Waals surface area contributed by atoms with Crippen LogP contribution in [0, 0.1) is 0 Å². The van der Waals surface area contributed by atoms with Crippen molar-refractivity contribution in [1.82, 2.24) is 20.6 Å². The van der Waals surface area contributed by atoms with Crippen LogP contribution in [0.4, 0.5) is 10.6 Å². The van der Waals surface area contributed by atoms with Gasteiger partial charge in [0.1, 0.15) is 17.1 Å². The van der Waals surface area contributed by atoms with Gasteiger partial charge in [-0.15, -0.1) is 0 Å². The normalized spacial score (nSPS) is 24.2. The fraction of sp³-hybridized carbons (Fsp3) is 0.643. The van der Waals surface area contributed by atoms with Crippen molar-refractivity contribution in [3.8, 4) is 0 Å². The van der Waals surface area contributed by atoms with E-state index in [9.17, 15) is 4.79 Å². The summed E-state index contributed by atoms with van der Waals surface area (Å²) in [6, 6.07) is -0.0557. The van der Waals surface area contributed by atoms with E-state index in [-0.39, 0.29) is 18.2 Å². The smallest absolute Gasteiger partial charge is 0.323 e. The van der Waals surface area contributed by atoms with Crippen LogP contribution in [-0.4, -0.2) is 48.3 Å². The summed E-state index contributed by atoms with van der Waals surface area (Å²) in [5.41, 5.74) is 0.827. The summed E-state index contributed by atoms with van der Waals surface area (Å²) < 4.78 is 5.77. The number of anilines is 1. The van der Waals surface area contributed by atoms with Gasteiger partial charge in [-0.3, -0.25) is 4.90 Å². The topological polar surface area (TPSA) is 79.4 Å². The van der Waals surface area contributed by atoms with E-state index in [1.807, 2.05) is 13.8 Å². The van der Waals surface area contributed by atoms with Crippen molar-refractivity contribution in [2.24, 2.45) is 0 Å². The number of fused-ring (bicyclic) bond motifs is 1.